The summed E-state index contributed by atoms with van der Waals surface area (Å²) in [5.41, 5.74) is 14.5. The Morgan fingerprint density at radius 2 is 2.14 bits per heavy atom. The van der Waals surface area contributed by atoms with Crippen molar-refractivity contribution < 1.29 is 4.79 Å². The van der Waals surface area contributed by atoms with Crippen molar-refractivity contribution in [3.05, 3.63) is 46.3 Å². The molecular formula is C9H10N4O. The summed E-state index contributed by atoms with van der Waals surface area (Å²) in [6, 6.07) is 8.57. The zero-order valence-corrected chi connectivity index (χ0v) is 7.50. The van der Waals surface area contributed by atoms with Gasteiger partial charge in [-0.1, -0.05) is 30.3 Å². The zero-order valence-electron chi connectivity index (χ0n) is 7.50. The summed E-state index contributed by atoms with van der Waals surface area (Å²) in [5.74, 6) is -0.628. The fourth-order valence-electron chi connectivity index (χ4n) is 1.07. The summed E-state index contributed by atoms with van der Waals surface area (Å²) in [6.07, 6.45) is 0.388. The van der Waals surface area contributed by atoms with Crippen LogP contribution in [0.25, 0.3) is 10.4 Å². The van der Waals surface area contributed by atoms with E-state index in [0.717, 1.165) is 5.56 Å². The SMILES string of the molecule is [N-]=[N+]=NC(=O)C(N)Cc1ccccc1. The Morgan fingerprint density at radius 3 is 2.71 bits per heavy atom. The van der Waals surface area contributed by atoms with Gasteiger partial charge in [0.1, 0.15) is 0 Å². The number of azide groups is 1. The number of carbonyl (C=O) groups excluding carboxylic acids is 1. The summed E-state index contributed by atoms with van der Waals surface area (Å²) >= 11 is 0. The second kappa shape index (κ2) is 5.01. The lowest BCUT2D eigenvalue weighted by Gasteiger charge is -2.06. The third-order valence-electron chi connectivity index (χ3n) is 1.76. The van der Waals surface area contributed by atoms with Gasteiger partial charge in [-0.2, -0.15) is 0 Å². The van der Waals surface area contributed by atoms with Crippen molar-refractivity contribution in [2.45, 2.75) is 12.5 Å². The number of benzene rings is 1. The Kier molecular flexibility index (Phi) is 3.67. The van der Waals surface area contributed by atoms with Gasteiger partial charge < -0.3 is 5.73 Å². The van der Waals surface area contributed by atoms with E-state index in [1.165, 1.54) is 0 Å². The summed E-state index contributed by atoms with van der Waals surface area (Å²) in [7, 11) is 0. The van der Waals surface area contributed by atoms with Crippen molar-refractivity contribution in [1.29, 1.82) is 0 Å². The summed E-state index contributed by atoms with van der Waals surface area (Å²) in [6.45, 7) is 0. The predicted molar refractivity (Wildman–Crippen MR) is 52.3 cm³/mol. The van der Waals surface area contributed by atoms with Gasteiger partial charge in [0.05, 0.1) is 6.04 Å². The highest BCUT2D eigenvalue weighted by Crippen LogP contribution is 2.02. The maximum atomic E-state index is 11.0. The van der Waals surface area contributed by atoms with Crippen molar-refractivity contribution in [3.8, 4) is 0 Å². The number of nitrogens with zero attached hydrogens (tertiary/aromatic N) is 3. The molecule has 0 saturated heterocycles. The maximum absolute atomic E-state index is 11.0. The van der Waals surface area contributed by atoms with Crippen LogP contribution in [0.4, 0.5) is 0 Å². The average molecular weight is 190 g/mol. The topological polar surface area (TPSA) is 91.9 Å². The van der Waals surface area contributed by atoms with Gasteiger partial charge in [-0.15, -0.1) is 0 Å². The molecule has 0 radical (unpaired) electrons. The molecule has 5 heteroatoms. The Hall–Kier alpha value is -1.84. The van der Waals surface area contributed by atoms with E-state index in [1.807, 2.05) is 30.3 Å². The number of amides is 1. The Bertz CT molecular complexity index is 356. The largest absolute Gasteiger partial charge is 0.321 e. The number of nitrogens with two attached hydrogens (primary N) is 1. The highest BCUT2D eigenvalue weighted by atomic mass is 16.2. The van der Waals surface area contributed by atoms with Gasteiger partial charge in [0.25, 0.3) is 0 Å². The molecule has 1 aromatic carbocycles. The molecule has 0 aliphatic heterocycles. The highest BCUT2D eigenvalue weighted by molar-refractivity contribution is 5.82. The van der Waals surface area contributed by atoms with Gasteiger partial charge in [-0.05, 0) is 22.6 Å². The van der Waals surface area contributed by atoms with Gasteiger partial charge in [-0.3, -0.25) is 4.79 Å². The molecule has 72 valence electrons. The van der Waals surface area contributed by atoms with E-state index >= 15 is 0 Å². The Morgan fingerprint density at radius 1 is 1.50 bits per heavy atom. The van der Waals surface area contributed by atoms with Crippen molar-refractivity contribution >= 4 is 5.91 Å². The van der Waals surface area contributed by atoms with E-state index in [4.69, 9.17) is 11.3 Å². The molecule has 1 aromatic rings. The first kappa shape index (κ1) is 10.2. The highest BCUT2D eigenvalue weighted by Gasteiger charge is 2.11. The molecule has 2 N–H and O–H groups in total. The third-order valence-corrected chi connectivity index (χ3v) is 1.76. The number of hydrogen-bond donors (Lipinski definition) is 1. The van der Waals surface area contributed by atoms with Crippen LogP contribution >= 0.6 is 0 Å². The van der Waals surface area contributed by atoms with Crippen LogP contribution in [0.2, 0.25) is 0 Å². The van der Waals surface area contributed by atoms with Crippen LogP contribution in [0, 0.1) is 0 Å². The van der Waals surface area contributed by atoms with Crippen LogP contribution in [-0.4, -0.2) is 11.9 Å². The van der Waals surface area contributed by atoms with Gasteiger partial charge in [0.2, 0.25) is 5.91 Å². The van der Waals surface area contributed by atoms with Crippen LogP contribution in [0.3, 0.4) is 0 Å². The van der Waals surface area contributed by atoms with E-state index < -0.39 is 11.9 Å². The van der Waals surface area contributed by atoms with Crippen molar-refractivity contribution in [1.82, 2.24) is 0 Å². The number of rotatable bonds is 3. The van der Waals surface area contributed by atoms with Gasteiger partial charge >= 0.3 is 0 Å². The molecule has 0 spiro atoms. The van der Waals surface area contributed by atoms with Crippen LogP contribution in [0.1, 0.15) is 5.56 Å². The average Bonchev–Trinajstić information content (AvgIpc) is 2.19. The minimum Gasteiger partial charge on any atom is -0.321 e. The van der Waals surface area contributed by atoms with E-state index in [9.17, 15) is 4.79 Å². The summed E-state index contributed by atoms with van der Waals surface area (Å²) in [4.78, 5) is 13.4. The molecule has 0 aliphatic carbocycles. The summed E-state index contributed by atoms with van der Waals surface area (Å²) < 4.78 is 0. The first-order valence-corrected chi connectivity index (χ1v) is 4.12. The maximum Gasteiger partial charge on any atom is 0.235 e. The molecule has 0 heterocycles. The molecular weight excluding hydrogens is 180 g/mol. The first-order chi connectivity index (χ1) is 6.74. The van der Waals surface area contributed by atoms with E-state index in [-0.39, 0.29) is 0 Å². The normalized spacial score (nSPS) is 11.5. The Labute approximate surface area is 81.2 Å². The molecule has 0 aliphatic rings. The van der Waals surface area contributed by atoms with Gasteiger partial charge in [0, 0.05) is 4.91 Å². The second-order valence-corrected chi connectivity index (χ2v) is 2.82. The molecule has 14 heavy (non-hydrogen) atoms. The smallest absolute Gasteiger partial charge is 0.235 e. The lowest BCUT2D eigenvalue weighted by atomic mass is 10.1. The molecule has 1 amide bonds. The third kappa shape index (κ3) is 2.90. The monoisotopic (exact) mass is 190 g/mol. The van der Waals surface area contributed by atoms with Crippen molar-refractivity contribution in [3.63, 3.8) is 0 Å². The van der Waals surface area contributed by atoms with Gasteiger partial charge in [0.15, 0.2) is 0 Å². The van der Waals surface area contributed by atoms with E-state index in [2.05, 4.69) is 10.0 Å². The molecule has 0 aromatic heterocycles. The van der Waals surface area contributed by atoms with Crippen LogP contribution in [-0.2, 0) is 11.2 Å². The molecule has 5 nitrogen and oxygen atoms in total. The zero-order chi connectivity index (χ0) is 10.4. The quantitative estimate of drug-likeness (QED) is 0.443. The molecule has 0 fully saturated rings. The first-order valence-electron chi connectivity index (χ1n) is 4.12. The van der Waals surface area contributed by atoms with E-state index in [0.29, 0.717) is 6.42 Å². The molecule has 0 saturated carbocycles. The van der Waals surface area contributed by atoms with Crippen molar-refractivity contribution in [2.75, 3.05) is 0 Å². The predicted octanol–water partition coefficient (Wildman–Crippen LogP) is 1.39. The summed E-state index contributed by atoms with van der Waals surface area (Å²) in [5, 5.41) is 2.94. The van der Waals surface area contributed by atoms with E-state index in [1.54, 1.807) is 0 Å². The molecule has 0 bridgehead atoms. The number of hydrogen-bond acceptors (Lipinski definition) is 2. The molecule has 1 unspecified atom stereocenters. The minimum absolute atomic E-state index is 0.388. The molecule has 1 atom stereocenters. The Balaban J connectivity index is 2.61. The lowest BCUT2D eigenvalue weighted by Crippen LogP contribution is -2.30. The standard InChI is InChI=1S/C9H10N4O/c10-8(9(14)12-13-11)6-7-4-2-1-3-5-7/h1-5,8H,6,10H2. The van der Waals surface area contributed by atoms with Crippen molar-refractivity contribution in [2.24, 2.45) is 10.8 Å². The fraction of sp³-hybridized carbons (Fsp3) is 0.222. The van der Waals surface area contributed by atoms with Crippen LogP contribution < -0.4 is 5.73 Å². The molecule has 1 rings (SSSR count). The fourth-order valence-corrected chi connectivity index (χ4v) is 1.07. The van der Waals surface area contributed by atoms with Crippen LogP contribution in [0.5, 0.6) is 0 Å². The van der Waals surface area contributed by atoms with Crippen LogP contribution in [0.15, 0.2) is 35.4 Å². The number of carbonyl (C=O) groups is 1. The minimum atomic E-state index is -0.756. The van der Waals surface area contributed by atoms with Gasteiger partial charge in [-0.25, -0.2) is 0 Å². The second-order valence-electron chi connectivity index (χ2n) is 2.82. The lowest BCUT2D eigenvalue weighted by molar-refractivity contribution is -0.119.